The second kappa shape index (κ2) is 5.95. The molecule has 0 aliphatic heterocycles. The van der Waals surface area contributed by atoms with Gasteiger partial charge in [0.1, 0.15) is 12.4 Å². The molecular weight excluding hydrogens is 269 g/mol. The van der Waals surface area contributed by atoms with Crippen LogP contribution in [0.2, 0.25) is 0 Å². The molecule has 1 aliphatic carbocycles. The minimum atomic E-state index is -4.26. The summed E-state index contributed by atoms with van der Waals surface area (Å²) in [7, 11) is 0. The average molecular weight is 288 g/mol. The molecule has 2 rings (SSSR count). The molecule has 0 radical (unpaired) electrons. The van der Waals surface area contributed by atoms with Crippen molar-refractivity contribution in [1.82, 2.24) is 15.3 Å². The summed E-state index contributed by atoms with van der Waals surface area (Å²) in [6.07, 6.45) is 1.02. The molecule has 1 N–H and O–H groups in total. The molecule has 0 amide bonds. The normalized spacial score (nSPS) is 15.7. The SMILES string of the molecule is CC(C)N(CC(F)(F)F)c1cncc(CNC2CC2)n1. The van der Waals surface area contributed by atoms with Gasteiger partial charge in [0.15, 0.2) is 0 Å². The molecule has 0 unspecified atom stereocenters. The van der Waals surface area contributed by atoms with Crippen molar-refractivity contribution in [2.45, 2.75) is 51.5 Å². The largest absolute Gasteiger partial charge is 0.405 e. The maximum atomic E-state index is 12.6. The fourth-order valence-electron chi connectivity index (χ4n) is 1.88. The van der Waals surface area contributed by atoms with Gasteiger partial charge < -0.3 is 10.2 Å². The summed E-state index contributed by atoms with van der Waals surface area (Å²) in [4.78, 5) is 9.50. The van der Waals surface area contributed by atoms with Crippen LogP contribution in [-0.4, -0.2) is 34.8 Å². The third-order valence-corrected chi connectivity index (χ3v) is 3.09. The highest BCUT2D eigenvalue weighted by atomic mass is 19.4. The predicted molar refractivity (Wildman–Crippen MR) is 70.4 cm³/mol. The van der Waals surface area contributed by atoms with Crippen LogP contribution < -0.4 is 10.2 Å². The van der Waals surface area contributed by atoms with Crippen LogP contribution in [0.15, 0.2) is 12.4 Å². The van der Waals surface area contributed by atoms with Gasteiger partial charge in [-0.05, 0) is 26.7 Å². The summed E-state index contributed by atoms with van der Waals surface area (Å²) in [6, 6.07) is 0.231. The van der Waals surface area contributed by atoms with Crippen molar-refractivity contribution in [1.29, 1.82) is 0 Å². The van der Waals surface area contributed by atoms with Crippen molar-refractivity contribution in [3.8, 4) is 0 Å². The third kappa shape index (κ3) is 4.63. The van der Waals surface area contributed by atoms with Gasteiger partial charge in [-0.2, -0.15) is 13.2 Å². The summed E-state index contributed by atoms with van der Waals surface area (Å²) in [6.45, 7) is 2.95. The Morgan fingerprint density at radius 1 is 1.35 bits per heavy atom. The Labute approximate surface area is 116 Å². The molecule has 1 fully saturated rings. The van der Waals surface area contributed by atoms with Gasteiger partial charge in [0, 0.05) is 24.8 Å². The molecule has 1 aromatic heterocycles. The summed E-state index contributed by atoms with van der Waals surface area (Å²) < 4.78 is 37.8. The quantitative estimate of drug-likeness (QED) is 0.873. The van der Waals surface area contributed by atoms with Gasteiger partial charge in [0.2, 0.25) is 0 Å². The Morgan fingerprint density at radius 2 is 2.05 bits per heavy atom. The van der Waals surface area contributed by atoms with Gasteiger partial charge >= 0.3 is 6.18 Å². The number of nitrogens with zero attached hydrogens (tertiary/aromatic N) is 3. The van der Waals surface area contributed by atoms with Gasteiger partial charge in [-0.3, -0.25) is 4.98 Å². The van der Waals surface area contributed by atoms with E-state index in [2.05, 4.69) is 15.3 Å². The summed E-state index contributed by atoms with van der Waals surface area (Å²) in [5.74, 6) is 0.271. The maximum absolute atomic E-state index is 12.6. The fourth-order valence-corrected chi connectivity index (χ4v) is 1.88. The second-order valence-corrected chi connectivity index (χ2v) is 5.36. The maximum Gasteiger partial charge on any atom is 0.405 e. The van der Waals surface area contributed by atoms with Gasteiger partial charge in [0.25, 0.3) is 0 Å². The fraction of sp³-hybridized carbons (Fsp3) is 0.692. The van der Waals surface area contributed by atoms with Crippen LogP contribution in [0.1, 0.15) is 32.4 Å². The molecule has 4 nitrogen and oxygen atoms in total. The van der Waals surface area contributed by atoms with Crippen molar-refractivity contribution in [2.75, 3.05) is 11.4 Å². The third-order valence-electron chi connectivity index (χ3n) is 3.09. The zero-order valence-corrected chi connectivity index (χ0v) is 11.6. The number of rotatable bonds is 6. The van der Waals surface area contributed by atoms with Crippen LogP contribution >= 0.6 is 0 Å². The van der Waals surface area contributed by atoms with Gasteiger partial charge in [0.05, 0.1) is 11.9 Å². The first-order chi connectivity index (χ1) is 9.35. The monoisotopic (exact) mass is 288 g/mol. The van der Waals surface area contributed by atoms with E-state index < -0.39 is 12.7 Å². The lowest BCUT2D eigenvalue weighted by atomic mass is 10.3. The Kier molecular flexibility index (Phi) is 4.47. The van der Waals surface area contributed by atoms with E-state index in [0.717, 1.165) is 12.8 Å². The Morgan fingerprint density at radius 3 is 2.60 bits per heavy atom. The highest BCUT2D eigenvalue weighted by Crippen LogP contribution is 2.23. The molecule has 0 atom stereocenters. The minimum Gasteiger partial charge on any atom is -0.344 e. The lowest BCUT2D eigenvalue weighted by Gasteiger charge is -2.28. The van der Waals surface area contributed by atoms with E-state index in [1.165, 1.54) is 11.1 Å². The number of halogens is 3. The van der Waals surface area contributed by atoms with E-state index in [4.69, 9.17) is 0 Å². The molecule has 0 saturated heterocycles. The first-order valence-corrected chi connectivity index (χ1v) is 6.73. The van der Waals surface area contributed by atoms with Crippen molar-refractivity contribution in [3.63, 3.8) is 0 Å². The van der Waals surface area contributed by atoms with Crippen molar-refractivity contribution < 1.29 is 13.2 Å². The first-order valence-electron chi connectivity index (χ1n) is 6.73. The van der Waals surface area contributed by atoms with Crippen LogP contribution in [0.25, 0.3) is 0 Å². The van der Waals surface area contributed by atoms with Gasteiger partial charge in [-0.15, -0.1) is 0 Å². The molecule has 0 spiro atoms. The zero-order chi connectivity index (χ0) is 14.8. The number of nitrogens with one attached hydrogen (secondary N) is 1. The molecule has 20 heavy (non-hydrogen) atoms. The van der Waals surface area contributed by atoms with E-state index in [1.54, 1.807) is 20.0 Å². The lowest BCUT2D eigenvalue weighted by Crippen LogP contribution is -2.40. The highest BCUT2D eigenvalue weighted by Gasteiger charge is 2.32. The average Bonchev–Trinajstić information content (AvgIpc) is 3.16. The number of alkyl halides is 3. The second-order valence-electron chi connectivity index (χ2n) is 5.36. The molecule has 0 bridgehead atoms. The number of anilines is 1. The van der Waals surface area contributed by atoms with Gasteiger partial charge in [-0.1, -0.05) is 0 Å². The molecule has 1 saturated carbocycles. The van der Waals surface area contributed by atoms with Crippen LogP contribution in [0.5, 0.6) is 0 Å². The minimum absolute atomic E-state index is 0.271. The topological polar surface area (TPSA) is 41.1 Å². The van der Waals surface area contributed by atoms with E-state index in [-0.39, 0.29) is 11.9 Å². The Balaban J connectivity index is 2.08. The predicted octanol–water partition coefficient (Wildman–Crippen LogP) is 2.51. The standard InChI is InChI=1S/C13H19F3N4/c1-9(2)20(8-13(14,15)16)12-7-17-5-11(19-12)6-18-10-3-4-10/h5,7,9-10,18H,3-4,6,8H2,1-2H3. The molecule has 1 aliphatic rings. The molecule has 1 heterocycles. The molecule has 0 aromatic carbocycles. The molecule has 7 heteroatoms. The number of hydrogen-bond donors (Lipinski definition) is 1. The van der Waals surface area contributed by atoms with Gasteiger partial charge in [-0.25, -0.2) is 4.98 Å². The van der Waals surface area contributed by atoms with Crippen LogP contribution in [-0.2, 0) is 6.54 Å². The van der Waals surface area contributed by atoms with Crippen LogP contribution in [0.3, 0.4) is 0 Å². The lowest BCUT2D eigenvalue weighted by molar-refractivity contribution is -0.120. The number of aromatic nitrogens is 2. The van der Waals surface area contributed by atoms with E-state index in [0.29, 0.717) is 18.3 Å². The Hall–Kier alpha value is -1.37. The highest BCUT2D eigenvalue weighted by molar-refractivity contribution is 5.37. The molecular formula is C13H19F3N4. The summed E-state index contributed by atoms with van der Waals surface area (Å²) in [5.41, 5.74) is 0.669. The van der Waals surface area contributed by atoms with E-state index in [9.17, 15) is 13.2 Å². The molecule has 112 valence electrons. The van der Waals surface area contributed by atoms with Crippen molar-refractivity contribution >= 4 is 5.82 Å². The van der Waals surface area contributed by atoms with E-state index >= 15 is 0 Å². The number of hydrogen-bond acceptors (Lipinski definition) is 4. The van der Waals surface area contributed by atoms with Crippen molar-refractivity contribution in [2.24, 2.45) is 0 Å². The summed E-state index contributed by atoms with van der Waals surface area (Å²) >= 11 is 0. The van der Waals surface area contributed by atoms with E-state index in [1.807, 2.05) is 0 Å². The van der Waals surface area contributed by atoms with Crippen LogP contribution in [0.4, 0.5) is 19.0 Å². The van der Waals surface area contributed by atoms with Crippen molar-refractivity contribution in [3.05, 3.63) is 18.1 Å². The van der Waals surface area contributed by atoms with Crippen LogP contribution in [0, 0.1) is 0 Å². The summed E-state index contributed by atoms with van der Waals surface area (Å²) in [5, 5.41) is 3.27. The zero-order valence-electron chi connectivity index (χ0n) is 11.6. The smallest absolute Gasteiger partial charge is 0.344 e. The molecule has 1 aromatic rings. The Bertz CT molecular complexity index is 443. The first kappa shape index (κ1) is 15.0.